The number of anilines is 1. The van der Waals surface area contributed by atoms with Crippen LogP contribution in [-0.2, 0) is 4.74 Å². The fraction of sp³-hybridized carbons (Fsp3) is 0.389. The van der Waals surface area contributed by atoms with Crippen molar-refractivity contribution in [3.8, 4) is 17.1 Å². The Hall–Kier alpha value is -2.88. The molecular weight excluding hydrogens is 375 g/mol. The molecule has 0 atom stereocenters. The van der Waals surface area contributed by atoms with Crippen molar-refractivity contribution in [1.82, 2.24) is 19.6 Å². The van der Waals surface area contributed by atoms with Gasteiger partial charge in [-0.25, -0.2) is 14.5 Å². The van der Waals surface area contributed by atoms with Gasteiger partial charge in [0.2, 0.25) is 5.88 Å². The lowest BCUT2D eigenvalue weighted by molar-refractivity contribution is -0.154. The van der Waals surface area contributed by atoms with Gasteiger partial charge in [-0.05, 0) is 19.1 Å². The largest absolute Gasteiger partial charge is 0.468 e. The summed E-state index contributed by atoms with van der Waals surface area (Å²) in [6.45, 7) is 3.34. The summed E-state index contributed by atoms with van der Waals surface area (Å²) >= 11 is 0. The predicted octanol–water partition coefficient (Wildman–Crippen LogP) is 2.88. The number of ether oxygens (including phenoxy) is 2. The van der Waals surface area contributed by atoms with Crippen molar-refractivity contribution in [3.05, 3.63) is 36.3 Å². The number of aromatic nitrogens is 4. The molecule has 0 N–H and O–H groups in total. The lowest BCUT2D eigenvalue weighted by atomic mass is 10.2. The number of alkyl halides is 3. The van der Waals surface area contributed by atoms with E-state index >= 15 is 0 Å². The molecule has 0 aliphatic carbocycles. The molecule has 1 fully saturated rings. The van der Waals surface area contributed by atoms with Crippen molar-refractivity contribution in [2.24, 2.45) is 0 Å². The van der Waals surface area contributed by atoms with Crippen molar-refractivity contribution in [2.45, 2.75) is 13.1 Å². The van der Waals surface area contributed by atoms with Crippen LogP contribution in [-0.4, -0.2) is 58.7 Å². The number of halogens is 3. The molecule has 10 heteroatoms. The summed E-state index contributed by atoms with van der Waals surface area (Å²) in [6.07, 6.45) is -1.24. The molecule has 0 amide bonds. The first-order chi connectivity index (χ1) is 13.4. The molecule has 0 bridgehead atoms. The third-order valence-electron chi connectivity index (χ3n) is 4.42. The number of hydrogen-bond acceptors (Lipinski definition) is 6. The monoisotopic (exact) mass is 393 g/mol. The zero-order chi connectivity index (χ0) is 19.7. The molecule has 0 unspecified atom stereocenters. The fourth-order valence-corrected chi connectivity index (χ4v) is 3.19. The van der Waals surface area contributed by atoms with E-state index in [1.54, 1.807) is 16.8 Å². The summed E-state index contributed by atoms with van der Waals surface area (Å²) < 4.78 is 48.6. The number of aryl methyl sites for hydroxylation is 1. The van der Waals surface area contributed by atoms with Gasteiger partial charge in [0, 0.05) is 30.9 Å². The van der Waals surface area contributed by atoms with Gasteiger partial charge in [0.05, 0.1) is 36.5 Å². The predicted molar refractivity (Wildman–Crippen MR) is 95.5 cm³/mol. The molecule has 28 heavy (non-hydrogen) atoms. The second-order valence-electron chi connectivity index (χ2n) is 6.39. The minimum Gasteiger partial charge on any atom is -0.468 e. The first-order valence-electron chi connectivity index (χ1n) is 8.75. The number of morpholine rings is 1. The van der Waals surface area contributed by atoms with Crippen molar-refractivity contribution < 1.29 is 22.6 Å². The minimum atomic E-state index is -4.40. The Balaban J connectivity index is 1.66. The Morgan fingerprint density at radius 1 is 1.18 bits per heavy atom. The van der Waals surface area contributed by atoms with Crippen molar-refractivity contribution in [2.75, 3.05) is 37.8 Å². The highest BCUT2D eigenvalue weighted by molar-refractivity contribution is 5.75. The highest BCUT2D eigenvalue weighted by Gasteiger charge is 2.28. The third-order valence-corrected chi connectivity index (χ3v) is 4.42. The highest BCUT2D eigenvalue weighted by atomic mass is 19.4. The smallest absolute Gasteiger partial charge is 0.422 e. The number of pyridine rings is 1. The standard InChI is InChI=1S/C18H18F3N5O2/c1-12-16(13-2-3-15(22-10-13)28-11-18(19,20)21)26-17(24-12)14(4-5-23-26)25-6-8-27-9-7-25/h2-5,10H,6-9,11H2,1H3. The van der Waals surface area contributed by atoms with E-state index in [0.717, 1.165) is 30.2 Å². The van der Waals surface area contributed by atoms with Crippen LogP contribution in [0.2, 0.25) is 0 Å². The molecule has 3 aromatic heterocycles. The van der Waals surface area contributed by atoms with Gasteiger partial charge in [-0.1, -0.05) is 0 Å². The summed E-state index contributed by atoms with van der Waals surface area (Å²) in [5.74, 6) is -0.0884. The van der Waals surface area contributed by atoms with Crippen LogP contribution >= 0.6 is 0 Å². The van der Waals surface area contributed by atoms with E-state index in [2.05, 4.69) is 24.7 Å². The highest BCUT2D eigenvalue weighted by Crippen LogP contribution is 2.29. The minimum absolute atomic E-state index is 0.0884. The van der Waals surface area contributed by atoms with E-state index < -0.39 is 12.8 Å². The molecule has 0 radical (unpaired) electrons. The summed E-state index contributed by atoms with van der Waals surface area (Å²) in [5.41, 5.74) is 3.86. The van der Waals surface area contributed by atoms with E-state index in [9.17, 15) is 13.2 Å². The second kappa shape index (κ2) is 7.27. The Morgan fingerprint density at radius 3 is 2.64 bits per heavy atom. The van der Waals surface area contributed by atoms with Gasteiger partial charge < -0.3 is 14.4 Å². The second-order valence-corrected chi connectivity index (χ2v) is 6.39. The Bertz CT molecular complexity index is 966. The Morgan fingerprint density at radius 2 is 1.96 bits per heavy atom. The molecule has 7 nitrogen and oxygen atoms in total. The average molecular weight is 393 g/mol. The molecule has 0 spiro atoms. The van der Waals surface area contributed by atoms with Crippen molar-refractivity contribution in [1.29, 1.82) is 0 Å². The number of imidazole rings is 1. The van der Waals surface area contributed by atoms with Gasteiger partial charge >= 0.3 is 6.18 Å². The molecule has 3 aromatic rings. The zero-order valence-corrected chi connectivity index (χ0v) is 15.1. The van der Waals surface area contributed by atoms with Crippen molar-refractivity contribution >= 4 is 11.3 Å². The normalized spacial score (nSPS) is 15.2. The Labute approximate surface area is 158 Å². The van der Waals surface area contributed by atoms with Gasteiger partial charge in [0.1, 0.15) is 0 Å². The van der Waals surface area contributed by atoms with Crippen LogP contribution in [0, 0.1) is 6.92 Å². The molecule has 0 aromatic carbocycles. The van der Waals surface area contributed by atoms with Crippen LogP contribution in [0.15, 0.2) is 30.6 Å². The van der Waals surface area contributed by atoms with Gasteiger partial charge in [-0.3, -0.25) is 0 Å². The van der Waals surface area contributed by atoms with E-state index in [1.165, 1.54) is 12.3 Å². The maximum atomic E-state index is 12.3. The maximum Gasteiger partial charge on any atom is 0.422 e. The SMILES string of the molecule is Cc1nc2c(N3CCOCC3)ccnn2c1-c1ccc(OCC(F)(F)F)nc1. The van der Waals surface area contributed by atoms with Crippen LogP contribution < -0.4 is 9.64 Å². The van der Waals surface area contributed by atoms with Gasteiger partial charge in [-0.15, -0.1) is 0 Å². The lowest BCUT2D eigenvalue weighted by Crippen LogP contribution is -2.36. The zero-order valence-electron chi connectivity index (χ0n) is 15.1. The fourth-order valence-electron chi connectivity index (χ4n) is 3.19. The van der Waals surface area contributed by atoms with Crippen LogP contribution in [0.1, 0.15) is 5.69 Å². The van der Waals surface area contributed by atoms with Crippen LogP contribution in [0.25, 0.3) is 16.9 Å². The van der Waals surface area contributed by atoms with E-state index in [4.69, 9.17) is 4.74 Å². The third kappa shape index (κ3) is 3.72. The van der Waals surface area contributed by atoms with E-state index in [-0.39, 0.29) is 5.88 Å². The first-order valence-corrected chi connectivity index (χ1v) is 8.75. The number of hydrogen-bond donors (Lipinski definition) is 0. The summed E-state index contributed by atoms with van der Waals surface area (Å²) in [5, 5.41) is 4.41. The topological polar surface area (TPSA) is 64.8 Å². The average Bonchev–Trinajstić information content (AvgIpc) is 3.03. The van der Waals surface area contributed by atoms with Gasteiger partial charge in [0.25, 0.3) is 0 Å². The summed E-state index contributed by atoms with van der Waals surface area (Å²) in [4.78, 5) is 10.8. The summed E-state index contributed by atoms with van der Waals surface area (Å²) in [6, 6.07) is 4.98. The first kappa shape index (κ1) is 18.5. The van der Waals surface area contributed by atoms with E-state index in [0.29, 0.717) is 24.4 Å². The number of nitrogens with zero attached hydrogens (tertiary/aromatic N) is 5. The molecule has 1 aliphatic heterocycles. The van der Waals surface area contributed by atoms with Crippen molar-refractivity contribution in [3.63, 3.8) is 0 Å². The molecule has 1 aliphatic rings. The Kier molecular flexibility index (Phi) is 4.80. The summed E-state index contributed by atoms with van der Waals surface area (Å²) in [7, 11) is 0. The molecule has 4 heterocycles. The molecule has 0 saturated carbocycles. The molecule has 148 valence electrons. The quantitative estimate of drug-likeness (QED) is 0.679. The number of rotatable bonds is 4. The van der Waals surface area contributed by atoms with Crippen LogP contribution in [0.3, 0.4) is 0 Å². The molecule has 1 saturated heterocycles. The lowest BCUT2D eigenvalue weighted by Gasteiger charge is -2.28. The van der Waals surface area contributed by atoms with E-state index in [1.807, 2.05) is 13.0 Å². The van der Waals surface area contributed by atoms with Gasteiger partial charge in [-0.2, -0.15) is 18.3 Å². The maximum absolute atomic E-state index is 12.3. The van der Waals surface area contributed by atoms with Gasteiger partial charge in [0.15, 0.2) is 12.3 Å². The number of fused-ring (bicyclic) bond motifs is 1. The molecular formula is C18H18F3N5O2. The van der Waals surface area contributed by atoms with Crippen LogP contribution in [0.4, 0.5) is 18.9 Å². The van der Waals surface area contributed by atoms with Crippen LogP contribution in [0.5, 0.6) is 5.88 Å². The molecule has 4 rings (SSSR count).